The number of anilines is 2. The Kier molecular flexibility index (Phi) is 7.40. The Morgan fingerprint density at radius 3 is 2.45 bits per heavy atom. The summed E-state index contributed by atoms with van der Waals surface area (Å²) >= 11 is 0. The van der Waals surface area contributed by atoms with E-state index in [0.29, 0.717) is 11.6 Å². The van der Waals surface area contributed by atoms with Gasteiger partial charge in [0.1, 0.15) is 0 Å². The molecule has 7 nitrogen and oxygen atoms in total. The molecule has 1 aromatic rings. The maximum absolute atomic E-state index is 12.1. The van der Waals surface area contributed by atoms with Crippen LogP contribution < -0.4 is 9.62 Å². The second kappa shape index (κ2) is 9.80. The maximum Gasteiger partial charge on any atom is 0.335 e. The van der Waals surface area contributed by atoms with Gasteiger partial charge in [-0.1, -0.05) is 6.42 Å². The van der Waals surface area contributed by atoms with Crippen LogP contribution in [0.1, 0.15) is 55.8 Å². The van der Waals surface area contributed by atoms with Crippen molar-refractivity contribution >= 4 is 27.4 Å². The lowest BCUT2D eigenvalue weighted by Gasteiger charge is -2.36. The second-order valence-corrected chi connectivity index (χ2v) is 10.2. The summed E-state index contributed by atoms with van der Waals surface area (Å²) in [5.74, 6) is -0.422. The third-order valence-electron chi connectivity index (χ3n) is 6.15. The Hall–Kier alpha value is -1.80. The van der Waals surface area contributed by atoms with Crippen LogP contribution in [0.5, 0.6) is 0 Å². The van der Waals surface area contributed by atoms with E-state index in [4.69, 9.17) is 0 Å². The van der Waals surface area contributed by atoms with Crippen molar-refractivity contribution in [1.82, 2.24) is 4.90 Å². The molecule has 162 valence electrons. The van der Waals surface area contributed by atoms with Crippen molar-refractivity contribution in [3.8, 4) is 0 Å². The summed E-state index contributed by atoms with van der Waals surface area (Å²) in [5.41, 5.74) is 1.21. The van der Waals surface area contributed by atoms with E-state index in [1.165, 1.54) is 51.4 Å². The number of aromatic carboxylic acids is 1. The molecule has 0 bridgehead atoms. The number of nitrogens with one attached hydrogen (secondary N) is 1. The van der Waals surface area contributed by atoms with Crippen molar-refractivity contribution < 1.29 is 18.3 Å². The third-order valence-corrected chi connectivity index (χ3v) is 7.44. The van der Waals surface area contributed by atoms with Crippen molar-refractivity contribution in [2.75, 3.05) is 48.1 Å². The van der Waals surface area contributed by atoms with Gasteiger partial charge in [-0.05, 0) is 82.8 Å². The van der Waals surface area contributed by atoms with E-state index < -0.39 is 16.0 Å². The largest absolute Gasteiger partial charge is 0.478 e. The molecule has 0 atom stereocenters. The highest BCUT2D eigenvalue weighted by Crippen LogP contribution is 2.32. The molecule has 2 saturated heterocycles. The van der Waals surface area contributed by atoms with Crippen LogP contribution in [0, 0.1) is 5.92 Å². The monoisotopic (exact) mass is 423 g/mol. The van der Waals surface area contributed by atoms with Crippen molar-refractivity contribution in [3.63, 3.8) is 0 Å². The fraction of sp³-hybridized carbons (Fsp3) is 0.667. The summed E-state index contributed by atoms with van der Waals surface area (Å²) in [4.78, 5) is 16.1. The fourth-order valence-corrected chi connectivity index (χ4v) is 4.92. The number of nitrogens with zero attached hydrogens (tertiary/aromatic N) is 2. The van der Waals surface area contributed by atoms with Gasteiger partial charge >= 0.3 is 5.97 Å². The predicted molar refractivity (Wildman–Crippen MR) is 116 cm³/mol. The van der Waals surface area contributed by atoms with Crippen molar-refractivity contribution in [3.05, 3.63) is 23.8 Å². The SMILES string of the molecule is CCS(=O)(=O)Nc1cc(C(=O)O)ccc1N1CCC(CCN2CCCCC2)CC1. The number of hydrogen-bond donors (Lipinski definition) is 2. The van der Waals surface area contributed by atoms with Crippen molar-refractivity contribution in [2.24, 2.45) is 5.92 Å². The van der Waals surface area contributed by atoms with E-state index in [-0.39, 0.29) is 11.3 Å². The topological polar surface area (TPSA) is 89.9 Å². The van der Waals surface area contributed by atoms with Gasteiger partial charge in [0.25, 0.3) is 0 Å². The van der Waals surface area contributed by atoms with Gasteiger partial charge in [0.05, 0.1) is 22.7 Å². The van der Waals surface area contributed by atoms with Gasteiger partial charge in [0.2, 0.25) is 10.0 Å². The number of piperidine rings is 2. The lowest BCUT2D eigenvalue weighted by molar-refractivity contribution is 0.0697. The average Bonchev–Trinajstić information content (AvgIpc) is 2.73. The molecule has 2 aliphatic rings. The first-order valence-corrected chi connectivity index (χ1v) is 12.4. The van der Waals surface area contributed by atoms with Crippen LogP contribution in [0.4, 0.5) is 11.4 Å². The quantitative estimate of drug-likeness (QED) is 0.667. The highest BCUT2D eigenvalue weighted by molar-refractivity contribution is 7.92. The molecule has 0 amide bonds. The van der Waals surface area contributed by atoms with E-state index in [1.54, 1.807) is 19.1 Å². The lowest BCUT2D eigenvalue weighted by Crippen LogP contribution is -2.37. The molecule has 29 heavy (non-hydrogen) atoms. The highest BCUT2D eigenvalue weighted by Gasteiger charge is 2.24. The molecule has 0 spiro atoms. The first-order chi connectivity index (χ1) is 13.9. The van der Waals surface area contributed by atoms with E-state index >= 15 is 0 Å². The van der Waals surface area contributed by atoms with E-state index in [9.17, 15) is 18.3 Å². The molecule has 0 unspecified atom stereocenters. The summed E-state index contributed by atoms with van der Waals surface area (Å²) in [6.07, 6.45) is 7.38. The smallest absolute Gasteiger partial charge is 0.335 e. The minimum atomic E-state index is -3.48. The molecular weight excluding hydrogens is 390 g/mol. The lowest BCUT2D eigenvalue weighted by atomic mass is 9.92. The zero-order valence-corrected chi connectivity index (χ0v) is 18.1. The van der Waals surface area contributed by atoms with Gasteiger partial charge in [0.15, 0.2) is 0 Å². The summed E-state index contributed by atoms with van der Waals surface area (Å²) in [7, 11) is -3.48. The van der Waals surface area contributed by atoms with Gasteiger partial charge in [0, 0.05) is 13.1 Å². The first kappa shape index (κ1) is 21.9. The summed E-state index contributed by atoms with van der Waals surface area (Å²) in [6.45, 7) is 6.93. The van der Waals surface area contributed by atoms with Gasteiger partial charge in [-0.25, -0.2) is 13.2 Å². The molecule has 0 aromatic heterocycles. The van der Waals surface area contributed by atoms with E-state index in [2.05, 4.69) is 14.5 Å². The number of sulfonamides is 1. The summed E-state index contributed by atoms with van der Waals surface area (Å²) in [5, 5.41) is 9.27. The Morgan fingerprint density at radius 2 is 1.83 bits per heavy atom. The number of likely N-dealkylation sites (tertiary alicyclic amines) is 1. The van der Waals surface area contributed by atoms with Gasteiger partial charge in [-0.3, -0.25) is 4.72 Å². The molecule has 2 heterocycles. The number of carboxylic acids is 1. The molecule has 0 saturated carbocycles. The zero-order chi connectivity index (χ0) is 20.9. The fourth-order valence-electron chi connectivity index (χ4n) is 4.28. The normalized spacial score (nSPS) is 19.3. The number of carboxylic acid groups (broad SMARTS) is 1. The van der Waals surface area contributed by atoms with Gasteiger partial charge in [-0.15, -0.1) is 0 Å². The number of benzene rings is 1. The molecule has 8 heteroatoms. The van der Waals surface area contributed by atoms with Gasteiger partial charge in [-0.2, -0.15) is 0 Å². The molecule has 0 aliphatic carbocycles. The average molecular weight is 424 g/mol. The third kappa shape index (κ3) is 6.09. The molecule has 2 N–H and O–H groups in total. The maximum atomic E-state index is 12.1. The molecule has 3 rings (SSSR count). The van der Waals surface area contributed by atoms with E-state index in [0.717, 1.165) is 31.6 Å². The number of rotatable bonds is 8. The standard InChI is InChI=1S/C21H33N3O4S/c1-2-29(27,28)22-19-16-18(21(25)26)6-7-20(19)24-14-9-17(10-15-24)8-13-23-11-4-3-5-12-23/h6-7,16-17,22H,2-5,8-15H2,1H3,(H,25,26). The van der Waals surface area contributed by atoms with Crippen LogP contribution in [0.25, 0.3) is 0 Å². The second-order valence-electron chi connectivity index (χ2n) is 8.16. The van der Waals surface area contributed by atoms with Crippen LogP contribution in [-0.4, -0.2) is 62.9 Å². The molecule has 2 fully saturated rings. The zero-order valence-electron chi connectivity index (χ0n) is 17.3. The Labute approximate surface area is 174 Å². The summed E-state index contributed by atoms with van der Waals surface area (Å²) < 4.78 is 26.8. The van der Waals surface area contributed by atoms with Crippen LogP contribution in [-0.2, 0) is 10.0 Å². The van der Waals surface area contributed by atoms with E-state index in [1.807, 2.05) is 0 Å². The minimum Gasteiger partial charge on any atom is -0.478 e. The van der Waals surface area contributed by atoms with Crippen LogP contribution in [0.3, 0.4) is 0 Å². The van der Waals surface area contributed by atoms with Crippen molar-refractivity contribution in [2.45, 2.75) is 45.4 Å². The molecule has 0 radical (unpaired) electrons. The summed E-state index contributed by atoms with van der Waals surface area (Å²) in [6, 6.07) is 4.70. The predicted octanol–water partition coefficient (Wildman–Crippen LogP) is 3.24. The van der Waals surface area contributed by atoms with Crippen LogP contribution in [0.15, 0.2) is 18.2 Å². The number of carbonyl (C=O) groups is 1. The highest BCUT2D eigenvalue weighted by atomic mass is 32.2. The Morgan fingerprint density at radius 1 is 1.14 bits per heavy atom. The Balaban J connectivity index is 1.63. The van der Waals surface area contributed by atoms with Gasteiger partial charge < -0.3 is 14.9 Å². The van der Waals surface area contributed by atoms with Crippen LogP contribution in [0.2, 0.25) is 0 Å². The molecular formula is C21H33N3O4S. The van der Waals surface area contributed by atoms with Crippen LogP contribution >= 0.6 is 0 Å². The molecule has 2 aliphatic heterocycles. The first-order valence-electron chi connectivity index (χ1n) is 10.7. The Bertz CT molecular complexity index is 798. The van der Waals surface area contributed by atoms with Crippen molar-refractivity contribution in [1.29, 1.82) is 0 Å². The molecule has 1 aromatic carbocycles. The minimum absolute atomic E-state index is 0.0533. The number of hydrogen-bond acceptors (Lipinski definition) is 5.